The van der Waals surface area contributed by atoms with Crippen molar-refractivity contribution >= 4 is 5.97 Å². The van der Waals surface area contributed by atoms with Gasteiger partial charge in [0.25, 0.3) is 0 Å². The van der Waals surface area contributed by atoms with E-state index < -0.39 is 11.5 Å². The molecule has 0 radical (unpaired) electrons. The fourth-order valence-electron chi connectivity index (χ4n) is 1.35. The van der Waals surface area contributed by atoms with Crippen molar-refractivity contribution in [3.05, 3.63) is 0 Å². The molecule has 0 aliphatic rings. The normalized spacial score (nSPS) is 15.3. The van der Waals surface area contributed by atoms with Gasteiger partial charge in [0.05, 0.1) is 0 Å². The predicted molar refractivity (Wildman–Crippen MR) is 59.1 cm³/mol. The highest BCUT2D eigenvalue weighted by atomic mass is 16.5. The van der Waals surface area contributed by atoms with Crippen molar-refractivity contribution in [1.82, 2.24) is 10.2 Å². The van der Waals surface area contributed by atoms with Crippen LogP contribution >= 0.6 is 0 Å². The van der Waals surface area contributed by atoms with Gasteiger partial charge in [-0.05, 0) is 27.4 Å². The number of hydrogen-bond acceptors (Lipinski definition) is 4. The number of methoxy groups -OCH3 is 1. The molecule has 90 valence electrons. The van der Waals surface area contributed by atoms with Crippen LogP contribution in [0.1, 0.15) is 13.3 Å². The summed E-state index contributed by atoms with van der Waals surface area (Å²) in [5.41, 5.74) is -0.887. The van der Waals surface area contributed by atoms with Crippen LogP contribution in [0.25, 0.3) is 0 Å². The summed E-state index contributed by atoms with van der Waals surface area (Å²) in [4.78, 5) is 13.0. The Labute approximate surface area is 91.4 Å². The van der Waals surface area contributed by atoms with Crippen LogP contribution in [-0.2, 0) is 9.53 Å². The predicted octanol–water partition coefficient (Wildman–Crippen LogP) is 0.0174. The van der Waals surface area contributed by atoms with Gasteiger partial charge in [-0.1, -0.05) is 0 Å². The zero-order valence-electron chi connectivity index (χ0n) is 10.0. The minimum atomic E-state index is -0.887. The zero-order chi connectivity index (χ0) is 11.9. The van der Waals surface area contributed by atoms with E-state index in [1.807, 2.05) is 11.9 Å². The Morgan fingerprint density at radius 3 is 2.60 bits per heavy atom. The van der Waals surface area contributed by atoms with Crippen molar-refractivity contribution in [3.63, 3.8) is 0 Å². The molecule has 5 heteroatoms. The van der Waals surface area contributed by atoms with Crippen molar-refractivity contribution in [2.24, 2.45) is 0 Å². The molecule has 0 spiro atoms. The number of ether oxygens (including phenoxy) is 1. The van der Waals surface area contributed by atoms with E-state index in [2.05, 4.69) is 5.32 Å². The summed E-state index contributed by atoms with van der Waals surface area (Å²) in [6.45, 7) is 3.69. The van der Waals surface area contributed by atoms with Crippen LogP contribution in [0.2, 0.25) is 0 Å². The Morgan fingerprint density at radius 1 is 1.60 bits per heavy atom. The smallest absolute Gasteiger partial charge is 0.324 e. The second-order valence-electron chi connectivity index (χ2n) is 3.97. The summed E-state index contributed by atoms with van der Waals surface area (Å²) in [6.07, 6.45) is 0.909. The summed E-state index contributed by atoms with van der Waals surface area (Å²) in [6, 6.07) is 0. The third-order valence-corrected chi connectivity index (χ3v) is 2.50. The Balaban J connectivity index is 4.01. The Kier molecular flexibility index (Phi) is 6.47. The minimum Gasteiger partial charge on any atom is -0.480 e. The highest BCUT2D eigenvalue weighted by Crippen LogP contribution is 2.05. The maximum atomic E-state index is 11.0. The van der Waals surface area contributed by atoms with Crippen LogP contribution < -0.4 is 5.32 Å². The first-order chi connectivity index (χ1) is 6.96. The number of likely N-dealkylation sites (N-methyl/N-ethyl adjacent to an activating group) is 2. The fraction of sp³-hybridized carbons (Fsp3) is 0.900. The van der Waals surface area contributed by atoms with E-state index >= 15 is 0 Å². The van der Waals surface area contributed by atoms with E-state index in [0.717, 1.165) is 13.0 Å². The summed E-state index contributed by atoms with van der Waals surface area (Å²) in [7, 11) is 5.24. The number of aliphatic carboxylic acids is 1. The van der Waals surface area contributed by atoms with Crippen molar-refractivity contribution in [1.29, 1.82) is 0 Å². The van der Waals surface area contributed by atoms with E-state index in [-0.39, 0.29) is 0 Å². The van der Waals surface area contributed by atoms with Gasteiger partial charge < -0.3 is 20.1 Å². The molecule has 0 rings (SSSR count). The van der Waals surface area contributed by atoms with Crippen molar-refractivity contribution in [2.45, 2.75) is 18.9 Å². The molecule has 0 aliphatic heterocycles. The third kappa shape index (κ3) is 5.11. The number of hydrogen-bond donors (Lipinski definition) is 2. The molecule has 0 aromatic rings. The van der Waals surface area contributed by atoms with Crippen molar-refractivity contribution in [2.75, 3.05) is 40.9 Å². The van der Waals surface area contributed by atoms with Gasteiger partial charge in [-0.15, -0.1) is 0 Å². The quantitative estimate of drug-likeness (QED) is 0.562. The molecule has 15 heavy (non-hydrogen) atoms. The molecular weight excluding hydrogens is 196 g/mol. The lowest BCUT2D eigenvalue weighted by molar-refractivity contribution is -0.144. The monoisotopic (exact) mass is 218 g/mol. The first-order valence-corrected chi connectivity index (χ1v) is 5.06. The fourth-order valence-corrected chi connectivity index (χ4v) is 1.35. The standard InChI is InChI=1S/C10H22N2O3/c1-10(11-2,9(13)14)8-12(3)6-5-7-15-4/h11H,5-8H2,1-4H3,(H,13,14). The molecule has 0 aromatic heterocycles. The molecule has 0 heterocycles. The average molecular weight is 218 g/mol. The number of rotatable bonds is 8. The third-order valence-electron chi connectivity index (χ3n) is 2.50. The Hall–Kier alpha value is -0.650. The largest absolute Gasteiger partial charge is 0.480 e. The van der Waals surface area contributed by atoms with Gasteiger partial charge in [0.15, 0.2) is 0 Å². The highest BCUT2D eigenvalue weighted by Gasteiger charge is 2.32. The number of nitrogens with one attached hydrogen (secondary N) is 1. The molecule has 5 nitrogen and oxygen atoms in total. The molecule has 0 saturated carbocycles. The lowest BCUT2D eigenvalue weighted by Crippen LogP contribution is -2.55. The molecule has 2 N–H and O–H groups in total. The van der Waals surface area contributed by atoms with E-state index in [1.165, 1.54) is 0 Å². The summed E-state index contributed by atoms with van der Waals surface area (Å²) in [5, 5.41) is 11.9. The lowest BCUT2D eigenvalue weighted by atomic mass is 10.0. The molecule has 0 fully saturated rings. The molecule has 1 atom stereocenters. The van der Waals surface area contributed by atoms with E-state index in [9.17, 15) is 4.79 Å². The Bertz CT molecular complexity index is 199. The SMILES string of the molecule is CNC(C)(CN(C)CCCOC)C(=O)O. The molecule has 1 unspecified atom stereocenters. The van der Waals surface area contributed by atoms with E-state index in [4.69, 9.17) is 9.84 Å². The van der Waals surface area contributed by atoms with Gasteiger partial charge in [0.1, 0.15) is 5.54 Å². The van der Waals surface area contributed by atoms with Crippen molar-refractivity contribution in [3.8, 4) is 0 Å². The molecule has 0 amide bonds. The van der Waals surface area contributed by atoms with Crippen LogP contribution in [0.3, 0.4) is 0 Å². The highest BCUT2D eigenvalue weighted by molar-refractivity contribution is 5.78. The van der Waals surface area contributed by atoms with Gasteiger partial charge in [-0.3, -0.25) is 4.79 Å². The maximum absolute atomic E-state index is 11.0. The van der Waals surface area contributed by atoms with Gasteiger partial charge in [-0.25, -0.2) is 0 Å². The summed E-state index contributed by atoms with van der Waals surface area (Å²) in [5.74, 6) is -0.830. The summed E-state index contributed by atoms with van der Waals surface area (Å²) >= 11 is 0. The zero-order valence-corrected chi connectivity index (χ0v) is 10.0. The maximum Gasteiger partial charge on any atom is 0.324 e. The van der Waals surface area contributed by atoms with E-state index in [0.29, 0.717) is 13.2 Å². The minimum absolute atomic E-state index is 0.475. The van der Waals surface area contributed by atoms with Crippen LogP contribution in [0.5, 0.6) is 0 Å². The number of carbonyl (C=O) groups is 1. The van der Waals surface area contributed by atoms with Gasteiger partial charge in [0.2, 0.25) is 0 Å². The molecule has 0 bridgehead atoms. The number of nitrogens with zero attached hydrogens (tertiary/aromatic N) is 1. The van der Waals surface area contributed by atoms with Crippen molar-refractivity contribution < 1.29 is 14.6 Å². The molecule has 0 aromatic carbocycles. The van der Waals surface area contributed by atoms with E-state index in [1.54, 1.807) is 21.1 Å². The van der Waals surface area contributed by atoms with Crippen LogP contribution in [0, 0.1) is 0 Å². The number of carboxylic acid groups (broad SMARTS) is 1. The van der Waals surface area contributed by atoms with Crippen LogP contribution in [0.15, 0.2) is 0 Å². The number of carboxylic acids is 1. The van der Waals surface area contributed by atoms with Crippen LogP contribution in [0.4, 0.5) is 0 Å². The van der Waals surface area contributed by atoms with Gasteiger partial charge >= 0.3 is 5.97 Å². The van der Waals surface area contributed by atoms with Gasteiger partial charge in [-0.2, -0.15) is 0 Å². The molecular formula is C10H22N2O3. The second kappa shape index (κ2) is 6.76. The first kappa shape index (κ1) is 14.3. The lowest BCUT2D eigenvalue weighted by Gasteiger charge is -2.29. The first-order valence-electron chi connectivity index (χ1n) is 5.06. The van der Waals surface area contributed by atoms with Gasteiger partial charge in [0, 0.05) is 26.8 Å². The van der Waals surface area contributed by atoms with Crippen LogP contribution in [-0.4, -0.2) is 62.4 Å². The average Bonchev–Trinajstić information content (AvgIpc) is 2.17. The second-order valence-corrected chi connectivity index (χ2v) is 3.97. The molecule has 0 saturated heterocycles. The topological polar surface area (TPSA) is 61.8 Å². The summed E-state index contributed by atoms with van der Waals surface area (Å²) < 4.78 is 4.94. The molecule has 0 aliphatic carbocycles. The Morgan fingerprint density at radius 2 is 2.20 bits per heavy atom.